The molecule has 16 rings (SSSR count). The molecule has 8 aromatic carbocycles. The van der Waals surface area contributed by atoms with Crippen molar-refractivity contribution in [3.63, 3.8) is 0 Å². The third-order valence-electron chi connectivity index (χ3n) is 25.5. The Kier molecular flexibility index (Phi) is 36.5. The molecular formula is C107H110N16O26. The second-order valence-corrected chi connectivity index (χ2v) is 36.0. The first-order valence-electron chi connectivity index (χ1n) is 47.7. The number of carbonyl (C=O) groups is 20. The summed E-state index contributed by atoms with van der Waals surface area (Å²) in [6, 6.07) is 51.8. The molecule has 42 heteroatoms. The number of anilines is 4. The first-order valence-corrected chi connectivity index (χ1v) is 47.7. The fraction of sp³-hybridized carbons (Fsp3) is 0.290. The Hall–Kier alpha value is -18.3. The second-order valence-electron chi connectivity index (χ2n) is 36.0. The van der Waals surface area contributed by atoms with E-state index in [2.05, 4.69) is 74.2 Å². The summed E-state index contributed by atoms with van der Waals surface area (Å²) in [5.41, 5.74) is 11.0. The van der Waals surface area contributed by atoms with E-state index < -0.39 is 128 Å². The summed E-state index contributed by atoms with van der Waals surface area (Å²) in [6.07, 6.45) is 1.50. The number of allylic oxidation sites excluding steroid dienone is 4. The van der Waals surface area contributed by atoms with Gasteiger partial charge in [-0.1, -0.05) is 172 Å². The van der Waals surface area contributed by atoms with E-state index in [1.165, 1.54) is 29.4 Å². The molecular weight excluding hydrogens is 1930 g/mol. The van der Waals surface area contributed by atoms with Crippen molar-refractivity contribution in [3.8, 4) is 0 Å². The summed E-state index contributed by atoms with van der Waals surface area (Å²) in [4.78, 5) is 257. The van der Waals surface area contributed by atoms with Crippen molar-refractivity contribution < 1.29 is 126 Å². The van der Waals surface area contributed by atoms with Crippen LogP contribution >= 0.6 is 0 Å². The zero-order valence-electron chi connectivity index (χ0n) is 81.0. The SMILES string of the molecule is C=C1CCC(N2Cc3c(NC(=O)CCC(=O)N(CC(=O)O)Cc4ccccc4)cccc3C2=O)C(=O)N1.C=C1CCC(N2Cc3c(NC(=O)CCC(=O)N[C@@H](Cc4ccccc4)C(=O)O)cccc3C2=O)C(=O)N1.C=C1CCC(N2Cc3c(NC(=O)OCC(=O)N(CC(=O)O)Cc4ccccc4)cccc3C2=O)C(=O)N1.C=C1CCC(N2Cc3c(NC(=O)OCC(=O)N(CCC(=O)O)Cc4ccccc4)cccc3C2=O)C(=O)N1. The van der Waals surface area contributed by atoms with Crippen molar-refractivity contribution in [2.75, 3.05) is 54.1 Å². The van der Waals surface area contributed by atoms with Crippen molar-refractivity contribution in [2.45, 2.75) is 166 Å². The van der Waals surface area contributed by atoms with Crippen molar-refractivity contribution in [3.05, 3.63) is 310 Å². The van der Waals surface area contributed by atoms with Crippen LogP contribution in [0.2, 0.25) is 0 Å². The lowest BCUT2D eigenvalue weighted by molar-refractivity contribution is -0.146. The molecule has 0 aromatic heterocycles. The maximum Gasteiger partial charge on any atom is 0.412 e. The van der Waals surface area contributed by atoms with Gasteiger partial charge in [-0.3, -0.25) is 92.1 Å². The van der Waals surface area contributed by atoms with E-state index in [4.69, 9.17) is 19.7 Å². The Morgan fingerprint density at radius 3 is 0.933 bits per heavy atom. The number of carbonyl (C=O) groups excluding carboxylic acids is 16. The zero-order valence-corrected chi connectivity index (χ0v) is 81.0. The number of carboxylic acid groups (broad SMARTS) is 4. The Labute approximate surface area is 853 Å². The van der Waals surface area contributed by atoms with Crippen molar-refractivity contribution >= 4 is 142 Å². The van der Waals surface area contributed by atoms with Crippen LogP contribution in [0.3, 0.4) is 0 Å². The van der Waals surface area contributed by atoms with Gasteiger partial charge in [-0.05, 0) is 122 Å². The number of ether oxygens (including phenoxy) is 2. The molecule has 0 aliphatic carbocycles. The first kappa shape index (κ1) is 108. The molecule has 8 aliphatic heterocycles. The van der Waals surface area contributed by atoms with E-state index >= 15 is 0 Å². The number of nitrogens with zero attached hydrogens (tertiary/aromatic N) is 7. The number of carboxylic acids is 4. The average Bonchev–Trinajstić information content (AvgIpc) is 1.64. The van der Waals surface area contributed by atoms with Gasteiger partial charge in [0.15, 0.2) is 13.2 Å². The molecule has 4 saturated heterocycles. The third kappa shape index (κ3) is 28.9. The normalized spacial score (nSPS) is 16.8. The van der Waals surface area contributed by atoms with Gasteiger partial charge >= 0.3 is 36.1 Å². The minimum Gasteiger partial charge on any atom is -0.481 e. The molecule has 0 saturated carbocycles. The number of hydrogen-bond donors (Lipinski definition) is 13. The predicted octanol–water partition coefficient (Wildman–Crippen LogP) is 8.82. The fourth-order valence-electron chi connectivity index (χ4n) is 17.9. The number of fused-ring (bicyclic) bond motifs is 4. The highest BCUT2D eigenvalue weighted by atomic mass is 16.6. The van der Waals surface area contributed by atoms with Crippen LogP contribution in [0, 0.1) is 0 Å². The topological polar surface area (TPSA) is 572 Å². The maximum absolute atomic E-state index is 13.0. The van der Waals surface area contributed by atoms with Gasteiger partial charge in [-0.15, -0.1) is 0 Å². The molecule has 774 valence electrons. The maximum atomic E-state index is 13.0. The standard InChI is InChI=1S/C27H28N4O7.2C27H28N4O6.C26H26N4O7/c1-17-10-11-22(25(35)28-17)31-15-20-19(26(31)36)8-5-9-21(20)29-27(37)38-16-23(32)30(13-12-24(33)34)14-18-6-3-2-4-7-18;1-17-10-11-22(26(36)28-17)31-15-20-19(27(31)37)8-5-9-21(20)29-23(32)12-13-24(33)30(16-25(34)35)14-18-6-3-2-4-7-18;1-16-10-11-22(25(34)28-16)31-15-19-18(26(31)35)8-5-9-20(19)29-23(32)12-13-24(33)30-21(27(36)37)14-17-6-3-2-4-7-17;1-16-10-11-21(24(34)27-16)30-13-19-18(25(30)35)8-5-9-20(19)28-26(36)37-15-22(31)29(14-23(32)33)12-17-6-3-2-4-7-17/h2-9,22H,1,10-16H2,(H,28,35)(H,29,37)(H,33,34);2-9,22H,1,10-16H2,(H,28,36)(H,29,32)(H,34,35);2-9,21-22H,1,10-15H2,(H,28,34)(H,29,32)(H,30,33)(H,36,37);2-9,21H,1,10-15H2,(H,27,34)(H,28,36)(H,32,33)/t;;21-,22?;/m..0./s1. The number of aliphatic carboxylic acids is 4. The summed E-state index contributed by atoms with van der Waals surface area (Å²) in [7, 11) is 0. The van der Waals surface area contributed by atoms with Gasteiger partial charge in [0.1, 0.15) is 43.3 Å². The summed E-state index contributed by atoms with van der Waals surface area (Å²) >= 11 is 0. The van der Waals surface area contributed by atoms with Crippen LogP contribution in [-0.4, -0.2) is 237 Å². The number of benzene rings is 8. The summed E-state index contributed by atoms with van der Waals surface area (Å²) in [6.45, 7) is 13.7. The molecule has 149 heavy (non-hydrogen) atoms. The van der Waals surface area contributed by atoms with Gasteiger partial charge in [0.2, 0.25) is 47.3 Å². The number of nitrogens with one attached hydrogen (secondary N) is 9. The zero-order chi connectivity index (χ0) is 107. The molecule has 5 atom stereocenters. The van der Waals surface area contributed by atoms with Crippen LogP contribution in [0.4, 0.5) is 32.3 Å². The third-order valence-corrected chi connectivity index (χ3v) is 25.5. The lowest BCUT2D eigenvalue weighted by atomic mass is 10.0. The van der Waals surface area contributed by atoms with E-state index in [-0.39, 0.29) is 138 Å². The van der Waals surface area contributed by atoms with E-state index in [1.807, 2.05) is 30.3 Å². The molecule has 16 amide bonds. The fourth-order valence-corrected chi connectivity index (χ4v) is 17.9. The average molecular weight is 2040 g/mol. The predicted molar refractivity (Wildman–Crippen MR) is 535 cm³/mol. The van der Waals surface area contributed by atoms with Crippen molar-refractivity contribution in [2.24, 2.45) is 0 Å². The molecule has 4 fully saturated rings. The van der Waals surface area contributed by atoms with Gasteiger partial charge < -0.3 is 101 Å². The van der Waals surface area contributed by atoms with Gasteiger partial charge in [-0.2, -0.15) is 0 Å². The van der Waals surface area contributed by atoms with E-state index in [9.17, 15) is 106 Å². The first-order chi connectivity index (χ1) is 71.4. The number of piperidine rings is 4. The molecule has 42 nitrogen and oxygen atoms in total. The molecule has 4 unspecified atom stereocenters. The minimum atomic E-state index is -1.20. The number of amides is 16. The van der Waals surface area contributed by atoms with Gasteiger partial charge in [0.25, 0.3) is 35.4 Å². The monoisotopic (exact) mass is 2030 g/mol. The second kappa shape index (κ2) is 50.3. The largest absolute Gasteiger partial charge is 0.481 e. The summed E-state index contributed by atoms with van der Waals surface area (Å²) in [5.74, 6) is -9.99. The Morgan fingerprint density at radius 2 is 0.624 bits per heavy atom. The highest BCUT2D eigenvalue weighted by Crippen LogP contribution is 2.39. The van der Waals surface area contributed by atoms with Crippen LogP contribution in [0.1, 0.15) is 169 Å². The van der Waals surface area contributed by atoms with Crippen molar-refractivity contribution in [1.82, 2.24) is 60.9 Å². The Bertz CT molecular complexity index is 6420. The van der Waals surface area contributed by atoms with Crippen LogP contribution in [0.15, 0.2) is 243 Å². The van der Waals surface area contributed by atoms with E-state index in [1.54, 1.807) is 164 Å². The lowest BCUT2D eigenvalue weighted by Crippen LogP contribution is -2.49. The number of rotatable bonds is 35. The van der Waals surface area contributed by atoms with Crippen LogP contribution < -0.4 is 47.9 Å². The minimum absolute atomic E-state index is 0.0414. The van der Waals surface area contributed by atoms with Gasteiger partial charge in [0, 0.05) is 175 Å². The van der Waals surface area contributed by atoms with Gasteiger partial charge in [-0.25, -0.2) is 14.4 Å². The van der Waals surface area contributed by atoms with E-state index in [0.29, 0.717) is 141 Å². The highest BCUT2D eigenvalue weighted by molar-refractivity contribution is 6.08. The van der Waals surface area contributed by atoms with E-state index in [0.717, 1.165) is 27.2 Å². The smallest absolute Gasteiger partial charge is 0.412 e. The quantitative estimate of drug-likeness (QED) is 0.0176. The Balaban J connectivity index is 0.000000166. The molecule has 13 N–H and O–H groups in total. The lowest BCUT2D eigenvalue weighted by Gasteiger charge is -2.31. The van der Waals surface area contributed by atoms with Crippen LogP contribution in [0.5, 0.6) is 0 Å². The molecule has 0 spiro atoms. The summed E-state index contributed by atoms with van der Waals surface area (Å²) < 4.78 is 10.2. The molecule has 0 bridgehead atoms. The molecule has 8 aromatic rings. The number of hydrogen-bond acceptors (Lipinski definition) is 22. The molecule has 8 heterocycles. The highest BCUT2D eigenvalue weighted by Gasteiger charge is 2.45. The molecule has 0 radical (unpaired) electrons. The van der Waals surface area contributed by atoms with Crippen LogP contribution in [0.25, 0.3) is 0 Å². The molecule has 8 aliphatic rings. The van der Waals surface area contributed by atoms with Crippen molar-refractivity contribution in [1.29, 1.82) is 0 Å². The Morgan fingerprint density at radius 1 is 0.336 bits per heavy atom. The summed E-state index contributed by atoms with van der Waals surface area (Å²) in [5, 5.41) is 60.7. The van der Waals surface area contributed by atoms with Crippen LogP contribution in [-0.2, 0) is 129 Å². The van der Waals surface area contributed by atoms with Gasteiger partial charge in [0.05, 0.1) is 6.42 Å².